The normalized spacial score (nSPS) is 12.5. The number of ether oxygens (including phenoxy) is 1. The van der Waals surface area contributed by atoms with Crippen LogP contribution in [0.4, 0.5) is 0 Å². The van der Waals surface area contributed by atoms with Crippen LogP contribution in [-0.4, -0.2) is 36.0 Å². The van der Waals surface area contributed by atoms with Gasteiger partial charge >= 0.3 is 5.97 Å². The predicted molar refractivity (Wildman–Crippen MR) is 104 cm³/mol. The molecule has 3 N–H and O–H groups in total. The molecule has 2 aromatic rings. The van der Waals surface area contributed by atoms with Crippen LogP contribution in [-0.2, 0) is 9.59 Å². The van der Waals surface area contributed by atoms with Gasteiger partial charge < -0.3 is 20.5 Å². The molecule has 2 unspecified atom stereocenters. The number of hydrogen-bond acceptors (Lipinski definition) is 4. The van der Waals surface area contributed by atoms with Crippen LogP contribution >= 0.6 is 0 Å². The summed E-state index contributed by atoms with van der Waals surface area (Å²) in [6, 6.07) is 14.2. The molecule has 2 aromatic carbocycles. The highest BCUT2D eigenvalue weighted by molar-refractivity contribution is 5.98. The van der Waals surface area contributed by atoms with Gasteiger partial charge in [0.25, 0.3) is 5.91 Å². The Hall–Kier alpha value is -3.35. The molecule has 0 saturated carbocycles. The van der Waals surface area contributed by atoms with Gasteiger partial charge in [-0.05, 0) is 43.2 Å². The molecule has 7 heteroatoms. The van der Waals surface area contributed by atoms with Crippen molar-refractivity contribution in [1.29, 1.82) is 0 Å². The maximum atomic E-state index is 12.8. The number of amides is 2. The first-order valence-corrected chi connectivity index (χ1v) is 8.92. The summed E-state index contributed by atoms with van der Waals surface area (Å²) < 4.78 is 5.08. The molecule has 2 atom stereocenters. The zero-order chi connectivity index (χ0) is 20.5. The molecule has 2 amide bonds. The molecule has 148 valence electrons. The van der Waals surface area contributed by atoms with E-state index in [0.29, 0.717) is 23.3 Å². The minimum Gasteiger partial charge on any atom is -0.497 e. The van der Waals surface area contributed by atoms with Crippen molar-refractivity contribution in [3.63, 3.8) is 0 Å². The van der Waals surface area contributed by atoms with E-state index in [1.54, 1.807) is 55.5 Å². The highest BCUT2D eigenvalue weighted by atomic mass is 16.5. The molecule has 0 saturated heterocycles. The van der Waals surface area contributed by atoms with E-state index in [1.165, 1.54) is 7.11 Å². The number of methoxy groups -OCH3 is 1. The molecule has 7 nitrogen and oxygen atoms in total. The van der Waals surface area contributed by atoms with Crippen LogP contribution in [0.2, 0.25) is 0 Å². The molecule has 0 radical (unpaired) electrons. The van der Waals surface area contributed by atoms with Gasteiger partial charge in [0.1, 0.15) is 11.8 Å². The van der Waals surface area contributed by atoms with Gasteiger partial charge in [-0.3, -0.25) is 14.4 Å². The van der Waals surface area contributed by atoms with E-state index in [0.717, 1.165) is 0 Å². The summed E-state index contributed by atoms with van der Waals surface area (Å²) in [6.45, 7) is 1.73. The zero-order valence-electron chi connectivity index (χ0n) is 15.8. The van der Waals surface area contributed by atoms with E-state index in [9.17, 15) is 14.4 Å². The molecule has 0 aliphatic carbocycles. The number of aliphatic carboxylic acids is 1. The Morgan fingerprint density at radius 3 is 2.21 bits per heavy atom. The Morgan fingerprint density at radius 1 is 1.00 bits per heavy atom. The van der Waals surface area contributed by atoms with Crippen molar-refractivity contribution in [1.82, 2.24) is 10.6 Å². The molecule has 2 rings (SSSR count). The monoisotopic (exact) mass is 384 g/mol. The van der Waals surface area contributed by atoms with Crippen molar-refractivity contribution in [3.8, 4) is 5.75 Å². The van der Waals surface area contributed by atoms with Crippen molar-refractivity contribution >= 4 is 17.8 Å². The number of carbonyl (C=O) groups is 3. The van der Waals surface area contributed by atoms with Crippen LogP contribution in [0.5, 0.6) is 5.75 Å². The van der Waals surface area contributed by atoms with E-state index >= 15 is 0 Å². The maximum Gasteiger partial charge on any atom is 0.303 e. The first-order valence-electron chi connectivity index (χ1n) is 8.92. The second-order valence-electron chi connectivity index (χ2n) is 6.39. The third-order valence-corrected chi connectivity index (χ3v) is 4.20. The molecular weight excluding hydrogens is 360 g/mol. The summed E-state index contributed by atoms with van der Waals surface area (Å²) in [6.07, 6.45) is 0.255. The predicted octanol–water partition coefficient (Wildman–Crippen LogP) is 2.54. The number of benzene rings is 2. The van der Waals surface area contributed by atoms with Gasteiger partial charge in [0, 0.05) is 18.0 Å². The average molecular weight is 384 g/mol. The van der Waals surface area contributed by atoms with Crippen molar-refractivity contribution in [2.24, 2.45) is 0 Å². The van der Waals surface area contributed by atoms with Gasteiger partial charge in [-0.15, -0.1) is 0 Å². The summed E-state index contributed by atoms with van der Waals surface area (Å²) in [5, 5.41) is 14.3. The SMILES string of the molecule is COc1ccc(C(=O)NC(C(=O)NC(C)CCC(=O)O)c2ccccc2)cc1. The van der Waals surface area contributed by atoms with Crippen molar-refractivity contribution in [2.75, 3.05) is 7.11 Å². The first kappa shape index (κ1) is 21.0. The molecule has 28 heavy (non-hydrogen) atoms. The van der Waals surface area contributed by atoms with E-state index in [1.807, 2.05) is 6.07 Å². The topological polar surface area (TPSA) is 105 Å². The van der Waals surface area contributed by atoms with Crippen LogP contribution in [0.3, 0.4) is 0 Å². The Morgan fingerprint density at radius 2 is 1.64 bits per heavy atom. The lowest BCUT2D eigenvalue weighted by Gasteiger charge is -2.21. The quantitative estimate of drug-likeness (QED) is 0.616. The average Bonchev–Trinajstić information content (AvgIpc) is 2.70. The van der Waals surface area contributed by atoms with Gasteiger partial charge in [-0.1, -0.05) is 30.3 Å². The number of rotatable bonds is 9. The maximum absolute atomic E-state index is 12.8. The molecule has 0 bridgehead atoms. The minimum absolute atomic E-state index is 0.0460. The Bertz CT molecular complexity index is 805. The first-order chi connectivity index (χ1) is 13.4. The van der Waals surface area contributed by atoms with E-state index in [4.69, 9.17) is 9.84 Å². The molecule has 0 aromatic heterocycles. The standard InChI is InChI=1S/C21H24N2O5/c1-14(8-13-18(24)25)22-21(27)19(15-6-4-3-5-7-15)23-20(26)16-9-11-17(28-2)12-10-16/h3-7,9-12,14,19H,8,13H2,1-2H3,(H,22,27)(H,23,26)(H,24,25). The molecule has 0 heterocycles. The smallest absolute Gasteiger partial charge is 0.303 e. The van der Waals surface area contributed by atoms with Crippen molar-refractivity contribution < 1.29 is 24.2 Å². The Labute approximate surface area is 163 Å². The second-order valence-corrected chi connectivity index (χ2v) is 6.39. The lowest BCUT2D eigenvalue weighted by molar-refractivity contribution is -0.137. The number of carbonyl (C=O) groups excluding carboxylic acids is 2. The van der Waals surface area contributed by atoms with Gasteiger partial charge in [0.2, 0.25) is 5.91 Å². The number of hydrogen-bond donors (Lipinski definition) is 3. The molecule has 0 fully saturated rings. The number of nitrogens with one attached hydrogen (secondary N) is 2. The van der Waals surface area contributed by atoms with Crippen LogP contribution in [0.1, 0.15) is 41.7 Å². The second kappa shape index (κ2) is 10.1. The molecule has 0 spiro atoms. The van der Waals surface area contributed by atoms with Crippen molar-refractivity contribution in [2.45, 2.75) is 31.8 Å². The number of carboxylic acids is 1. The van der Waals surface area contributed by atoms with Crippen LogP contribution in [0.15, 0.2) is 54.6 Å². The van der Waals surface area contributed by atoms with E-state index < -0.39 is 23.8 Å². The van der Waals surface area contributed by atoms with Gasteiger partial charge in [0.05, 0.1) is 7.11 Å². The molecule has 0 aliphatic rings. The zero-order valence-corrected chi connectivity index (χ0v) is 15.8. The summed E-state index contributed by atoms with van der Waals surface area (Å²) in [5.74, 6) is -1.09. The Kier molecular flexibility index (Phi) is 7.56. The van der Waals surface area contributed by atoms with Gasteiger partial charge in [-0.2, -0.15) is 0 Å². The lowest BCUT2D eigenvalue weighted by atomic mass is 10.0. The third kappa shape index (κ3) is 6.12. The van der Waals surface area contributed by atoms with E-state index in [-0.39, 0.29) is 12.5 Å². The minimum atomic E-state index is -0.923. The molecular formula is C21H24N2O5. The summed E-state index contributed by atoms with van der Waals surface area (Å²) in [7, 11) is 1.54. The van der Waals surface area contributed by atoms with Crippen LogP contribution in [0.25, 0.3) is 0 Å². The van der Waals surface area contributed by atoms with Gasteiger partial charge in [0.15, 0.2) is 0 Å². The van der Waals surface area contributed by atoms with Crippen LogP contribution < -0.4 is 15.4 Å². The fourth-order valence-corrected chi connectivity index (χ4v) is 2.64. The summed E-state index contributed by atoms with van der Waals surface area (Å²) in [4.78, 5) is 36.1. The largest absolute Gasteiger partial charge is 0.497 e. The fraction of sp³-hybridized carbons (Fsp3) is 0.286. The highest BCUT2D eigenvalue weighted by Crippen LogP contribution is 2.16. The lowest BCUT2D eigenvalue weighted by Crippen LogP contribution is -2.43. The van der Waals surface area contributed by atoms with Crippen LogP contribution in [0, 0.1) is 0 Å². The van der Waals surface area contributed by atoms with E-state index in [2.05, 4.69) is 10.6 Å². The highest BCUT2D eigenvalue weighted by Gasteiger charge is 2.24. The summed E-state index contributed by atoms with van der Waals surface area (Å²) >= 11 is 0. The Balaban J connectivity index is 2.14. The number of carboxylic acid groups (broad SMARTS) is 1. The molecule has 0 aliphatic heterocycles. The van der Waals surface area contributed by atoms with Gasteiger partial charge in [-0.25, -0.2) is 0 Å². The summed E-state index contributed by atoms with van der Waals surface area (Å²) in [5.41, 5.74) is 1.03. The van der Waals surface area contributed by atoms with Crippen molar-refractivity contribution in [3.05, 3.63) is 65.7 Å². The third-order valence-electron chi connectivity index (χ3n) is 4.20. The fourth-order valence-electron chi connectivity index (χ4n) is 2.64.